The largest absolute Gasteiger partial charge is 0.361 e. The van der Waals surface area contributed by atoms with Crippen LogP contribution in [0.15, 0.2) is 26.9 Å². The van der Waals surface area contributed by atoms with Crippen LogP contribution < -0.4 is 5.32 Å². The second kappa shape index (κ2) is 4.88. The highest BCUT2D eigenvalue weighted by molar-refractivity contribution is 5.92. The zero-order valence-electron chi connectivity index (χ0n) is 13.2. The fourth-order valence-corrected chi connectivity index (χ4v) is 3.32. The summed E-state index contributed by atoms with van der Waals surface area (Å²) >= 11 is 0. The lowest BCUT2D eigenvalue weighted by Crippen LogP contribution is -2.23. The van der Waals surface area contributed by atoms with Crippen LogP contribution in [0, 0.1) is 31.6 Å². The third kappa shape index (κ3) is 2.09. The van der Waals surface area contributed by atoms with Gasteiger partial charge in [0.2, 0.25) is 0 Å². The van der Waals surface area contributed by atoms with Gasteiger partial charge >= 0.3 is 0 Å². The lowest BCUT2D eigenvalue weighted by molar-refractivity contribution is 0.393. The fraction of sp³-hybridized carbons (Fsp3) is 0.444. The molecule has 0 bridgehead atoms. The molecule has 0 saturated heterocycles. The van der Waals surface area contributed by atoms with Crippen LogP contribution >= 0.6 is 0 Å². The van der Waals surface area contributed by atoms with Crippen molar-refractivity contribution in [2.45, 2.75) is 46.1 Å². The minimum absolute atomic E-state index is 0.167. The number of fused-ring (bicyclic) bond motifs is 1. The van der Waals surface area contributed by atoms with Gasteiger partial charge in [0.25, 0.3) is 0 Å². The van der Waals surface area contributed by atoms with Gasteiger partial charge in [-0.1, -0.05) is 11.1 Å². The van der Waals surface area contributed by atoms with Gasteiger partial charge in [-0.3, -0.25) is 4.99 Å². The van der Waals surface area contributed by atoms with Crippen LogP contribution in [-0.4, -0.2) is 17.0 Å². The summed E-state index contributed by atoms with van der Waals surface area (Å²) in [4.78, 5) is 4.91. The number of hydrogen-bond acceptors (Lipinski definition) is 4. The van der Waals surface area contributed by atoms with E-state index in [1.54, 1.807) is 0 Å². The van der Waals surface area contributed by atoms with Crippen molar-refractivity contribution in [2.24, 2.45) is 10.9 Å². The lowest BCUT2D eigenvalue weighted by Gasteiger charge is -2.19. The number of nitrogens with one attached hydrogen (secondary N) is 1. The Kier molecular flexibility index (Phi) is 2.97. The molecule has 1 atom stereocenters. The van der Waals surface area contributed by atoms with E-state index in [1.165, 1.54) is 24.1 Å². The number of amidine groups is 1. The monoisotopic (exact) mass is 293 g/mol. The van der Waals surface area contributed by atoms with Crippen LogP contribution in [0.5, 0.6) is 0 Å². The average molecular weight is 293 g/mol. The second-order valence-electron chi connectivity index (χ2n) is 6.20. The minimum Gasteiger partial charge on any atom is -0.361 e. The van der Waals surface area contributed by atoms with E-state index in [9.17, 15) is 0 Å². The second-order valence-corrected chi connectivity index (χ2v) is 6.20. The van der Waals surface area contributed by atoms with E-state index in [2.05, 4.69) is 28.4 Å². The predicted octanol–water partition coefficient (Wildman–Crippen LogP) is 3.14. The normalized spacial score (nSPS) is 23.3. The summed E-state index contributed by atoms with van der Waals surface area (Å²) in [6, 6.07) is 0.167. The van der Waals surface area contributed by atoms with Crippen molar-refractivity contribution in [1.82, 2.24) is 10.5 Å². The topological polar surface area (TPSA) is 50.4 Å². The molecule has 4 nitrogen and oxygen atoms in total. The zero-order chi connectivity index (χ0) is 15.3. The van der Waals surface area contributed by atoms with Gasteiger partial charge < -0.3 is 9.84 Å². The molecule has 112 valence electrons. The molecule has 4 rings (SSSR count). The Balaban J connectivity index is 1.77. The molecule has 1 N–H and O–H groups in total. The van der Waals surface area contributed by atoms with Crippen LogP contribution in [0.1, 0.15) is 43.2 Å². The Labute approximate surface area is 130 Å². The molecule has 3 aliphatic rings. The van der Waals surface area contributed by atoms with Crippen molar-refractivity contribution in [1.29, 1.82) is 0 Å². The Morgan fingerprint density at radius 2 is 2.14 bits per heavy atom. The smallest absolute Gasteiger partial charge is 0.141 e. The third-order valence-electron chi connectivity index (χ3n) is 4.49. The molecular formula is C18H19N3O. The highest BCUT2D eigenvalue weighted by Gasteiger charge is 2.37. The third-order valence-corrected chi connectivity index (χ3v) is 4.49. The Bertz CT molecular complexity index is 775. The molecule has 4 heteroatoms. The quantitative estimate of drug-likeness (QED) is 0.852. The summed E-state index contributed by atoms with van der Waals surface area (Å²) in [5.74, 6) is 8.92. The van der Waals surface area contributed by atoms with Crippen LogP contribution in [-0.2, 0) is 0 Å². The van der Waals surface area contributed by atoms with Gasteiger partial charge in [-0.2, -0.15) is 0 Å². The van der Waals surface area contributed by atoms with E-state index < -0.39 is 0 Å². The number of aryl methyl sites for hydroxylation is 2. The highest BCUT2D eigenvalue weighted by atomic mass is 16.5. The van der Waals surface area contributed by atoms with Gasteiger partial charge in [-0.15, -0.1) is 5.92 Å². The number of aromatic nitrogens is 1. The maximum absolute atomic E-state index is 5.33. The van der Waals surface area contributed by atoms with Crippen molar-refractivity contribution >= 4 is 11.4 Å². The highest BCUT2D eigenvalue weighted by Crippen LogP contribution is 2.39. The Hall–Kier alpha value is -2.28. The first-order chi connectivity index (χ1) is 10.7. The van der Waals surface area contributed by atoms with Crippen LogP contribution in [0.2, 0.25) is 0 Å². The first-order valence-electron chi connectivity index (χ1n) is 7.83. The number of hydrogen-bond donors (Lipinski definition) is 1. The number of aliphatic imine (C=N–C) groups is 1. The predicted molar refractivity (Wildman–Crippen MR) is 86.1 cm³/mol. The van der Waals surface area contributed by atoms with E-state index in [1.807, 2.05) is 20.8 Å². The maximum Gasteiger partial charge on any atom is 0.141 e. The molecule has 2 heterocycles. The Morgan fingerprint density at radius 3 is 2.77 bits per heavy atom. The molecule has 1 saturated carbocycles. The minimum atomic E-state index is 0.167. The van der Waals surface area contributed by atoms with Crippen LogP contribution in [0.25, 0.3) is 5.57 Å². The standard InChI is InChI=1S/C18H19N3O/c1-4-5-13-8-14(16-10(2)21-22-11(16)3)9-15-17(13)20-18(19-15)12-6-7-12/h8,12,15H,6-7,9H2,1-3H3,(H,19,20). The van der Waals surface area contributed by atoms with Gasteiger partial charge in [0.05, 0.1) is 17.4 Å². The molecule has 0 radical (unpaired) electrons. The molecule has 1 aromatic rings. The first kappa shape index (κ1) is 13.4. The number of nitrogens with zero attached hydrogens (tertiary/aromatic N) is 2. The molecule has 0 aromatic carbocycles. The molecule has 1 fully saturated rings. The summed E-state index contributed by atoms with van der Waals surface area (Å²) in [5.41, 5.74) is 5.50. The SMILES string of the molecule is CC#CC1=C2NC(C3CC3)=NC2CC(c2c(C)noc2C)=C1. The average Bonchev–Trinajstić information content (AvgIpc) is 3.17. The number of allylic oxidation sites excluding steroid dienone is 2. The maximum atomic E-state index is 5.33. The molecule has 1 aliphatic heterocycles. The molecular weight excluding hydrogens is 274 g/mol. The van der Waals surface area contributed by atoms with Gasteiger partial charge in [-0.25, -0.2) is 0 Å². The van der Waals surface area contributed by atoms with Crippen molar-refractivity contribution in [3.05, 3.63) is 34.4 Å². The molecule has 22 heavy (non-hydrogen) atoms. The van der Waals surface area contributed by atoms with Gasteiger partial charge in [-0.05, 0) is 45.3 Å². The van der Waals surface area contributed by atoms with E-state index >= 15 is 0 Å². The molecule has 0 spiro atoms. The van der Waals surface area contributed by atoms with E-state index in [0.717, 1.165) is 34.8 Å². The van der Waals surface area contributed by atoms with Crippen molar-refractivity contribution < 1.29 is 4.52 Å². The fourth-order valence-electron chi connectivity index (χ4n) is 3.32. The van der Waals surface area contributed by atoms with Gasteiger partial charge in [0.1, 0.15) is 11.6 Å². The van der Waals surface area contributed by atoms with E-state index in [4.69, 9.17) is 9.52 Å². The summed E-state index contributed by atoms with van der Waals surface area (Å²) in [7, 11) is 0. The first-order valence-corrected chi connectivity index (χ1v) is 7.83. The van der Waals surface area contributed by atoms with Gasteiger partial charge in [0, 0.05) is 23.5 Å². The van der Waals surface area contributed by atoms with Crippen molar-refractivity contribution in [3.8, 4) is 11.8 Å². The van der Waals surface area contributed by atoms with Crippen LogP contribution in [0.3, 0.4) is 0 Å². The van der Waals surface area contributed by atoms with Crippen LogP contribution in [0.4, 0.5) is 0 Å². The molecule has 2 aliphatic carbocycles. The lowest BCUT2D eigenvalue weighted by atomic mass is 9.88. The molecule has 1 aromatic heterocycles. The Morgan fingerprint density at radius 1 is 1.32 bits per heavy atom. The molecule has 0 amide bonds. The van der Waals surface area contributed by atoms with Crippen molar-refractivity contribution in [3.63, 3.8) is 0 Å². The zero-order valence-corrected chi connectivity index (χ0v) is 13.2. The molecule has 1 unspecified atom stereocenters. The summed E-state index contributed by atoms with van der Waals surface area (Å²) in [5, 5.41) is 7.61. The van der Waals surface area contributed by atoms with E-state index in [-0.39, 0.29) is 6.04 Å². The number of rotatable bonds is 2. The summed E-state index contributed by atoms with van der Waals surface area (Å²) in [6.07, 6.45) is 5.57. The van der Waals surface area contributed by atoms with Crippen molar-refractivity contribution in [2.75, 3.05) is 0 Å². The summed E-state index contributed by atoms with van der Waals surface area (Å²) in [6.45, 7) is 5.83. The van der Waals surface area contributed by atoms with E-state index in [0.29, 0.717) is 5.92 Å². The summed E-state index contributed by atoms with van der Waals surface area (Å²) < 4.78 is 5.33. The van der Waals surface area contributed by atoms with Gasteiger partial charge in [0.15, 0.2) is 0 Å².